The molecule has 0 atom stereocenters. The van der Waals surface area contributed by atoms with E-state index in [9.17, 15) is 4.79 Å². The maximum atomic E-state index is 11.4. The van der Waals surface area contributed by atoms with Crippen LogP contribution in [0.3, 0.4) is 0 Å². The Morgan fingerprint density at radius 1 is 1.38 bits per heavy atom. The van der Waals surface area contributed by atoms with E-state index in [-0.39, 0.29) is 11.9 Å². The molecule has 1 rings (SSSR count). The molecule has 0 aromatic rings. The first-order valence-corrected chi connectivity index (χ1v) is 5.73. The maximum absolute atomic E-state index is 11.4. The van der Waals surface area contributed by atoms with Gasteiger partial charge in [0.1, 0.15) is 5.84 Å². The van der Waals surface area contributed by atoms with Crippen LogP contribution in [0.15, 0.2) is 5.16 Å². The number of rotatable bonds is 4. The van der Waals surface area contributed by atoms with Crippen molar-refractivity contribution in [2.24, 2.45) is 10.9 Å². The van der Waals surface area contributed by atoms with Crippen LogP contribution in [0.1, 0.15) is 38.5 Å². The Kier molecular flexibility index (Phi) is 5.45. The van der Waals surface area contributed by atoms with Gasteiger partial charge in [-0.05, 0) is 12.8 Å². The van der Waals surface area contributed by atoms with E-state index in [2.05, 4.69) is 15.8 Å². The van der Waals surface area contributed by atoms with Gasteiger partial charge in [0, 0.05) is 19.0 Å². The quantitative estimate of drug-likeness (QED) is 0.247. The van der Waals surface area contributed by atoms with E-state index >= 15 is 0 Å². The highest BCUT2D eigenvalue weighted by Gasteiger charge is 2.14. The monoisotopic (exact) mass is 228 g/mol. The zero-order valence-corrected chi connectivity index (χ0v) is 9.41. The molecule has 0 aromatic heterocycles. The molecule has 92 valence electrons. The first kappa shape index (κ1) is 12.6. The van der Waals surface area contributed by atoms with Gasteiger partial charge >= 0.3 is 6.03 Å². The minimum atomic E-state index is -0.169. The van der Waals surface area contributed by atoms with Crippen LogP contribution in [-0.4, -0.2) is 29.7 Å². The third kappa shape index (κ3) is 4.86. The molecule has 1 fully saturated rings. The molecular formula is C10H20N4O2. The molecule has 0 bridgehead atoms. The highest BCUT2D eigenvalue weighted by molar-refractivity contribution is 5.80. The van der Waals surface area contributed by atoms with Crippen LogP contribution >= 0.6 is 0 Å². The van der Waals surface area contributed by atoms with Crippen molar-refractivity contribution in [1.29, 1.82) is 0 Å². The number of nitrogens with two attached hydrogens (primary N) is 1. The SMILES string of the molecule is NC(CCNC(=O)NC1CCCCC1)=NO. The van der Waals surface area contributed by atoms with Crippen LogP contribution in [0, 0.1) is 0 Å². The fourth-order valence-electron chi connectivity index (χ4n) is 1.84. The molecule has 1 aliphatic rings. The normalized spacial score (nSPS) is 18.1. The molecule has 1 aliphatic carbocycles. The van der Waals surface area contributed by atoms with Gasteiger partial charge in [0.25, 0.3) is 0 Å². The van der Waals surface area contributed by atoms with E-state index in [1.807, 2.05) is 0 Å². The summed E-state index contributed by atoms with van der Waals surface area (Å²) in [6.07, 6.45) is 6.13. The molecule has 1 saturated carbocycles. The Hall–Kier alpha value is -1.46. The lowest BCUT2D eigenvalue weighted by atomic mass is 9.96. The molecule has 5 N–H and O–H groups in total. The van der Waals surface area contributed by atoms with Crippen molar-refractivity contribution in [3.05, 3.63) is 0 Å². The second-order valence-corrected chi connectivity index (χ2v) is 4.08. The zero-order valence-electron chi connectivity index (χ0n) is 9.41. The fourth-order valence-corrected chi connectivity index (χ4v) is 1.84. The summed E-state index contributed by atoms with van der Waals surface area (Å²) in [5.74, 6) is 0.123. The van der Waals surface area contributed by atoms with Crippen molar-refractivity contribution in [3.8, 4) is 0 Å². The third-order valence-electron chi connectivity index (χ3n) is 2.74. The molecule has 0 radical (unpaired) electrons. The summed E-state index contributed by atoms with van der Waals surface area (Å²) in [5.41, 5.74) is 5.27. The summed E-state index contributed by atoms with van der Waals surface area (Å²) < 4.78 is 0. The average molecular weight is 228 g/mol. The number of hydrogen-bond donors (Lipinski definition) is 4. The van der Waals surface area contributed by atoms with Crippen molar-refractivity contribution in [2.75, 3.05) is 6.54 Å². The summed E-state index contributed by atoms with van der Waals surface area (Å²) >= 11 is 0. The molecule has 0 aliphatic heterocycles. The number of urea groups is 1. The van der Waals surface area contributed by atoms with Gasteiger partial charge in [-0.2, -0.15) is 0 Å². The minimum absolute atomic E-state index is 0.123. The van der Waals surface area contributed by atoms with Gasteiger partial charge in [0.05, 0.1) is 0 Å². The highest BCUT2D eigenvalue weighted by Crippen LogP contribution is 2.16. The van der Waals surface area contributed by atoms with Gasteiger partial charge in [0.2, 0.25) is 0 Å². The van der Waals surface area contributed by atoms with E-state index < -0.39 is 0 Å². The van der Waals surface area contributed by atoms with Crippen molar-refractivity contribution in [3.63, 3.8) is 0 Å². The van der Waals surface area contributed by atoms with E-state index in [1.54, 1.807) is 0 Å². The summed E-state index contributed by atoms with van der Waals surface area (Å²) in [7, 11) is 0. The molecule has 6 nitrogen and oxygen atoms in total. The van der Waals surface area contributed by atoms with Crippen LogP contribution in [-0.2, 0) is 0 Å². The largest absolute Gasteiger partial charge is 0.409 e. The molecule has 0 heterocycles. The van der Waals surface area contributed by atoms with Gasteiger partial charge in [-0.3, -0.25) is 0 Å². The molecule has 0 saturated heterocycles. The van der Waals surface area contributed by atoms with E-state index in [1.165, 1.54) is 19.3 Å². The Morgan fingerprint density at radius 2 is 2.06 bits per heavy atom. The molecule has 2 amide bonds. The van der Waals surface area contributed by atoms with Crippen molar-refractivity contribution < 1.29 is 10.0 Å². The molecule has 16 heavy (non-hydrogen) atoms. The number of hydrogen-bond acceptors (Lipinski definition) is 3. The standard InChI is InChI=1S/C10H20N4O2/c11-9(14-16)6-7-12-10(15)13-8-4-2-1-3-5-8/h8,16H,1-7H2,(H2,11,14)(H2,12,13,15). The number of amides is 2. The lowest BCUT2D eigenvalue weighted by molar-refractivity contribution is 0.233. The molecule has 6 heteroatoms. The molecular weight excluding hydrogens is 208 g/mol. The molecule has 0 aromatic carbocycles. The molecule has 0 spiro atoms. The van der Waals surface area contributed by atoms with Crippen LogP contribution < -0.4 is 16.4 Å². The van der Waals surface area contributed by atoms with Crippen molar-refractivity contribution in [2.45, 2.75) is 44.6 Å². The van der Waals surface area contributed by atoms with Gasteiger partial charge in [-0.15, -0.1) is 0 Å². The van der Waals surface area contributed by atoms with Crippen LogP contribution in [0.2, 0.25) is 0 Å². The van der Waals surface area contributed by atoms with Crippen LogP contribution in [0.5, 0.6) is 0 Å². The Bertz CT molecular complexity index is 249. The smallest absolute Gasteiger partial charge is 0.315 e. The van der Waals surface area contributed by atoms with Crippen molar-refractivity contribution >= 4 is 11.9 Å². The fraction of sp³-hybridized carbons (Fsp3) is 0.800. The maximum Gasteiger partial charge on any atom is 0.315 e. The highest BCUT2D eigenvalue weighted by atomic mass is 16.4. The predicted octanol–water partition coefficient (Wildman–Crippen LogP) is 0.755. The molecule has 0 unspecified atom stereocenters. The lowest BCUT2D eigenvalue weighted by Gasteiger charge is -2.22. The number of amidine groups is 1. The Labute approximate surface area is 95.3 Å². The Morgan fingerprint density at radius 3 is 2.69 bits per heavy atom. The van der Waals surface area contributed by atoms with E-state index in [4.69, 9.17) is 10.9 Å². The van der Waals surface area contributed by atoms with Gasteiger partial charge in [-0.1, -0.05) is 24.4 Å². The second kappa shape index (κ2) is 6.92. The number of carbonyl (C=O) groups is 1. The summed E-state index contributed by atoms with van der Waals surface area (Å²) in [6.45, 7) is 0.383. The van der Waals surface area contributed by atoms with E-state index in [0.29, 0.717) is 19.0 Å². The summed E-state index contributed by atoms with van der Waals surface area (Å²) in [4.78, 5) is 11.4. The summed E-state index contributed by atoms with van der Waals surface area (Å²) in [5, 5.41) is 16.7. The number of nitrogens with one attached hydrogen (secondary N) is 2. The minimum Gasteiger partial charge on any atom is -0.409 e. The lowest BCUT2D eigenvalue weighted by Crippen LogP contribution is -2.43. The topological polar surface area (TPSA) is 99.7 Å². The number of nitrogens with zero attached hydrogens (tertiary/aromatic N) is 1. The van der Waals surface area contributed by atoms with Crippen LogP contribution in [0.25, 0.3) is 0 Å². The van der Waals surface area contributed by atoms with Crippen LogP contribution in [0.4, 0.5) is 4.79 Å². The van der Waals surface area contributed by atoms with Gasteiger partial charge in [0.15, 0.2) is 0 Å². The third-order valence-corrected chi connectivity index (χ3v) is 2.74. The van der Waals surface area contributed by atoms with E-state index in [0.717, 1.165) is 12.8 Å². The van der Waals surface area contributed by atoms with Gasteiger partial charge in [-0.25, -0.2) is 4.79 Å². The average Bonchev–Trinajstić information content (AvgIpc) is 2.30. The second-order valence-electron chi connectivity index (χ2n) is 4.08. The predicted molar refractivity (Wildman–Crippen MR) is 61.4 cm³/mol. The first-order chi connectivity index (χ1) is 7.72. The van der Waals surface area contributed by atoms with Gasteiger partial charge < -0.3 is 21.6 Å². The summed E-state index contributed by atoms with van der Waals surface area (Å²) in [6, 6.07) is 0.134. The number of carbonyl (C=O) groups excluding carboxylic acids is 1. The Balaban J connectivity index is 2.10. The van der Waals surface area contributed by atoms with Crippen molar-refractivity contribution in [1.82, 2.24) is 10.6 Å². The zero-order chi connectivity index (χ0) is 11.8. The number of oxime groups is 1. The first-order valence-electron chi connectivity index (χ1n) is 5.73.